The molecular formula is C53H109N2O4+. The second-order valence-electron chi connectivity index (χ2n) is 19.9. The van der Waals surface area contributed by atoms with Crippen LogP contribution in [0.1, 0.15) is 284 Å². The zero-order valence-electron chi connectivity index (χ0n) is 41.0. The lowest BCUT2D eigenvalue weighted by molar-refractivity contribution is -0.900. The van der Waals surface area contributed by atoms with Crippen LogP contribution in [0.2, 0.25) is 0 Å². The first-order chi connectivity index (χ1) is 28.7. The Bertz CT molecular complexity index is 796. The molecule has 0 aromatic rings. The summed E-state index contributed by atoms with van der Waals surface area (Å²) in [7, 11) is 5.94. The van der Waals surface area contributed by atoms with E-state index in [0.717, 1.165) is 25.7 Å². The second-order valence-corrected chi connectivity index (χ2v) is 19.9. The van der Waals surface area contributed by atoms with Crippen molar-refractivity contribution in [1.29, 1.82) is 0 Å². The van der Waals surface area contributed by atoms with Crippen LogP contribution in [0.4, 0.5) is 0 Å². The fourth-order valence-electron chi connectivity index (χ4n) is 9.66. The number of aliphatic hydroxyl groups is 2. The minimum Gasteiger partial charge on any atom is -0.476 e. The van der Waals surface area contributed by atoms with E-state index in [1.165, 1.54) is 231 Å². The van der Waals surface area contributed by atoms with Crippen molar-refractivity contribution in [2.75, 3.05) is 34.4 Å². The van der Waals surface area contributed by atoms with Crippen molar-refractivity contribution in [2.45, 2.75) is 302 Å². The van der Waals surface area contributed by atoms with Gasteiger partial charge in [-0.15, -0.1) is 0 Å². The van der Waals surface area contributed by atoms with Crippen LogP contribution in [0.25, 0.3) is 0 Å². The number of aliphatic hydroxyl groups excluding tert-OH is 2. The minimum atomic E-state index is -0.801. The minimum absolute atomic E-state index is 0.00103. The molecule has 0 heterocycles. The molecule has 3 atom stereocenters. The summed E-state index contributed by atoms with van der Waals surface area (Å²) in [4.78, 5) is 15.2. The van der Waals surface area contributed by atoms with Crippen molar-refractivity contribution in [3.8, 4) is 0 Å². The highest BCUT2D eigenvalue weighted by molar-refractivity contribution is 5.71. The number of quaternary nitrogens is 1. The fraction of sp³-hybridized carbons (Fsp3) is 0.981. The van der Waals surface area contributed by atoms with E-state index in [4.69, 9.17) is 0 Å². The molecule has 0 saturated carbocycles. The van der Waals surface area contributed by atoms with E-state index in [2.05, 4.69) is 18.7 Å². The molecule has 0 bridgehead atoms. The largest absolute Gasteiger partial charge is 0.476 e. The van der Waals surface area contributed by atoms with Crippen molar-refractivity contribution >= 4 is 5.97 Å². The quantitative estimate of drug-likeness (QED) is 0.0323. The van der Waals surface area contributed by atoms with E-state index < -0.39 is 12.1 Å². The van der Waals surface area contributed by atoms with Crippen molar-refractivity contribution < 1.29 is 24.6 Å². The molecule has 0 amide bonds. The predicted molar refractivity (Wildman–Crippen MR) is 258 cm³/mol. The van der Waals surface area contributed by atoms with Gasteiger partial charge in [0.1, 0.15) is 0 Å². The summed E-state index contributed by atoms with van der Waals surface area (Å²) in [6.45, 7) is 4.71. The van der Waals surface area contributed by atoms with Gasteiger partial charge in [-0.2, -0.15) is 0 Å². The molecule has 6 heteroatoms. The Kier molecular flexibility index (Phi) is 43.4. The summed E-state index contributed by atoms with van der Waals surface area (Å²) >= 11 is 0. The lowest BCUT2D eigenvalue weighted by Gasteiger charge is -2.46. The Morgan fingerprint density at radius 1 is 0.373 bits per heavy atom. The summed E-state index contributed by atoms with van der Waals surface area (Å²) in [5, 5.41) is 31.0. The fourth-order valence-corrected chi connectivity index (χ4v) is 9.66. The molecule has 0 radical (unpaired) electrons. The number of hydrogen-bond donors (Lipinski definition) is 3. The first kappa shape index (κ1) is 58.3. The standard InChI is InChI=1S/C53H108N2O4/c1-6-8-10-12-14-16-18-20-22-24-26-28-30-32-34-36-38-40-42-44-50(46-48-56)54(52(53(58)59)55(3,4)5)51(47-49-57)45-43-41-39-37-35-33-31-29-27-25-23-21-19-17-15-13-11-9-7-2/h50-52,56-57H,6-49H2,1-5H3/p+1. The molecule has 0 aromatic heterocycles. The number of rotatable bonds is 49. The first-order valence-electron chi connectivity index (χ1n) is 26.8. The van der Waals surface area contributed by atoms with Gasteiger partial charge in [0.05, 0.1) is 21.1 Å². The van der Waals surface area contributed by atoms with E-state index in [-0.39, 0.29) is 25.3 Å². The molecule has 3 N–H and O–H groups in total. The number of hydrogen-bond acceptors (Lipinski definition) is 4. The van der Waals surface area contributed by atoms with Gasteiger partial charge in [-0.25, -0.2) is 9.69 Å². The number of carbonyl (C=O) groups is 1. The topological polar surface area (TPSA) is 81.0 Å². The molecule has 6 nitrogen and oxygen atoms in total. The van der Waals surface area contributed by atoms with Crippen LogP contribution >= 0.6 is 0 Å². The van der Waals surface area contributed by atoms with Gasteiger partial charge in [-0.1, -0.05) is 258 Å². The van der Waals surface area contributed by atoms with Crippen LogP contribution in [0.3, 0.4) is 0 Å². The predicted octanol–water partition coefficient (Wildman–Crippen LogP) is 15.6. The summed E-state index contributed by atoms with van der Waals surface area (Å²) in [6, 6.07) is 0.00207. The normalized spacial score (nSPS) is 13.7. The Morgan fingerprint density at radius 2 is 0.576 bits per heavy atom. The monoisotopic (exact) mass is 838 g/mol. The summed E-state index contributed by atoms with van der Waals surface area (Å²) in [6.07, 6.45) is 53.9. The average molecular weight is 838 g/mol. The Hall–Kier alpha value is -0.690. The van der Waals surface area contributed by atoms with Crippen LogP contribution in [0.5, 0.6) is 0 Å². The number of unbranched alkanes of at least 4 members (excludes halogenated alkanes) is 36. The van der Waals surface area contributed by atoms with Crippen LogP contribution in [-0.4, -0.2) is 83.3 Å². The molecular weight excluding hydrogens is 729 g/mol. The van der Waals surface area contributed by atoms with Gasteiger partial charge >= 0.3 is 5.97 Å². The van der Waals surface area contributed by atoms with Crippen LogP contribution in [0.15, 0.2) is 0 Å². The lowest BCUT2D eigenvalue weighted by atomic mass is 9.95. The summed E-state index contributed by atoms with van der Waals surface area (Å²) < 4.78 is 0.303. The highest BCUT2D eigenvalue weighted by atomic mass is 16.4. The van der Waals surface area contributed by atoms with Gasteiger partial charge in [0, 0.05) is 25.3 Å². The average Bonchev–Trinajstić information content (AvgIpc) is 3.20. The molecule has 0 aliphatic heterocycles. The molecule has 0 saturated heterocycles. The molecule has 0 rings (SSSR count). The van der Waals surface area contributed by atoms with Gasteiger partial charge in [0.25, 0.3) is 0 Å². The Morgan fingerprint density at radius 3 is 0.746 bits per heavy atom. The van der Waals surface area contributed by atoms with Gasteiger partial charge in [-0.3, -0.25) is 0 Å². The lowest BCUT2D eigenvalue weighted by Crippen LogP contribution is -2.64. The number of aliphatic carboxylic acids is 1. The summed E-state index contributed by atoms with van der Waals surface area (Å²) in [5.41, 5.74) is 0. The van der Waals surface area contributed by atoms with E-state index in [9.17, 15) is 20.1 Å². The Balaban J connectivity index is 4.50. The molecule has 354 valence electrons. The van der Waals surface area contributed by atoms with Crippen LogP contribution in [-0.2, 0) is 4.79 Å². The second kappa shape index (κ2) is 43.9. The third-order valence-corrected chi connectivity index (χ3v) is 13.3. The van der Waals surface area contributed by atoms with E-state index >= 15 is 0 Å². The van der Waals surface area contributed by atoms with Crippen molar-refractivity contribution in [3.63, 3.8) is 0 Å². The first-order valence-corrected chi connectivity index (χ1v) is 26.8. The zero-order valence-corrected chi connectivity index (χ0v) is 41.0. The molecule has 0 aliphatic carbocycles. The SMILES string of the molecule is CCCCCCCCCCCCCCCCCCCCCC(CCO)N(C(CCO)CCCCCCCCCCCCCCCCCCCCC)C(C(=O)O)[N+](C)(C)C. The molecule has 0 spiro atoms. The Labute approximate surface area is 370 Å². The van der Waals surface area contributed by atoms with Crippen molar-refractivity contribution in [3.05, 3.63) is 0 Å². The van der Waals surface area contributed by atoms with Crippen molar-refractivity contribution in [2.24, 2.45) is 0 Å². The van der Waals surface area contributed by atoms with E-state index in [1.54, 1.807) is 0 Å². The zero-order chi connectivity index (χ0) is 43.5. The van der Waals surface area contributed by atoms with Crippen molar-refractivity contribution in [1.82, 2.24) is 4.90 Å². The molecule has 0 aromatic carbocycles. The third-order valence-electron chi connectivity index (χ3n) is 13.3. The third kappa shape index (κ3) is 36.5. The molecule has 0 fully saturated rings. The highest BCUT2D eigenvalue weighted by Gasteiger charge is 2.44. The maximum Gasteiger partial charge on any atom is 0.379 e. The maximum absolute atomic E-state index is 12.9. The van der Waals surface area contributed by atoms with Crippen LogP contribution in [0, 0.1) is 0 Å². The van der Waals surface area contributed by atoms with Gasteiger partial charge < -0.3 is 19.8 Å². The summed E-state index contributed by atoms with van der Waals surface area (Å²) in [5.74, 6) is -0.801. The number of carboxylic acid groups (broad SMARTS) is 1. The van der Waals surface area contributed by atoms with Gasteiger partial charge in [0.2, 0.25) is 6.17 Å². The molecule has 59 heavy (non-hydrogen) atoms. The maximum atomic E-state index is 12.9. The number of nitrogens with zero attached hydrogens (tertiary/aromatic N) is 2. The van der Waals surface area contributed by atoms with E-state index in [0.29, 0.717) is 17.3 Å². The van der Waals surface area contributed by atoms with Gasteiger partial charge in [-0.05, 0) is 25.7 Å². The van der Waals surface area contributed by atoms with Crippen LogP contribution < -0.4 is 0 Å². The molecule has 3 unspecified atom stereocenters. The number of carboxylic acids is 1. The number of likely N-dealkylation sites (N-methyl/N-ethyl adjacent to an activating group) is 1. The highest BCUT2D eigenvalue weighted by Crippen LogP contribution is 2.28. The smallest absolute Gasteiger partial charge is 0.379 e. The molecule has 0 aliphatic rings. The van der Waals surface area contributed by atoms with Gasteiger partial charge in [0.15, 0.2) is 0 Å². The van der Waals surface area contributed by atoms with E-state index in [1.807, 2.05) is 21.1 Å².